The summed E-state index contributed by atoms with van der Waals surface area (Å²) in [6.07, 6.45) is 1.86. The summed E-state index contributed by atoms with van der Waals surface area (Å²) in [5, 5.41) is 1.65. The number of rotatable bonds is 5. The number of aromatic nitrogens is 1. The quantitative estimate of drug-likeness (QED) is 0.236. The van der Waals surface area contributed by atoms with E-state index in [-0.39, 0.29) is 11.4 Å². The van der Waals surface area contributed by atoms with Gasteiger partial charge in [-0.3, -0.25) is 4.98 Å². The fourth-order valence-electron chi connectivity index (χ4n) is 5.49. The van der Waals surface area contributed by atoms with Crippen LogP contribution in [0.1, 0.15) is 50.7 Å². The van der Waals surface area contributed by atoms with Crippen LogP contribution >= 0.6 is 0 Å². The van der Waals surface area contributed by atoms with E-state index in [1.807, 2.05) is 66.9 Å². The van der Waals surface area contributed by atoms with Crippen LogP contribution in [0.25, 0.3) is 55.4 Å². The molecule has 0 saturated carbocycles. The van der Waals surface area contributed by atoms with Crippen molar-refractivity contribution in [3.63, 3.8) is 0 Å². The van der Waals surface area contributed by atoms with Crippen LogP contribution in [-0.4, -0.2) is 4.98 Å². The second-order valence-electron chi connectivity index (χ2n) is 10.5. The predicted molar refractivity (Wildman–Crippen MR) is 156 cm³/mol. The average molecular weight is 500 g/mol. The van der Waals surface area contributed by atoms with E-state index < -0.39 is 0 Å². The van der Waals surface area contributed by atoms with E-state index >= 15 is 4.39 Å². The summed E-state index contributed by atoms with van der Waals surface area (Å²) in [7, 11) is 0. The van der Waals surface area contributed by atoms with Gasteiger partial charge in [-0.05, 0) is 63.9 Å². The van der Waals surface area contributed by atoms with Gasteiger partial charge in [0.1, 0.15) is 5.58 Å². The fraction of sp³-hybridized carbons (Fsp3) is 0.171. The molecule has 0 fully saturated rings. The molecule has 0 aliphatic rings. The van der Waals surface area contributed by atoms with E-state index in [0.717, 1.165) is 33.2 Å². The van der Waals surface area contributed by atoms with E-state index in [2.05, 4.69) is 58.0 Å². The van der Waals surface area contributed by atoms with Crippen molar-refractivity contribution in [2.75, 3.05) is 0 Å². The molecule has 2 aromatic heterocycles. The normalized spacial score (nSPS) is 11.8. The molecule has 38 heavy (non-hydrogen) atoms. The molecular weight excluding hydrogens is 469 g/mol. The van der Waals surface area contributed by atoms with Crippen molar-refractivity contribution in [2.24, 2.45) is 0 Å². The van der Waals surface area contributed by atoms with Gasteiger partial charge < -0.3 is 4.42 Å². The number of para-hydroxylation sites is 1. The monoisotopic (exact) mass is 499 g/mol. The lowest BCUT2D eigenvalue weighted by Gasteiger charge is -2.20. The Morgan fingerprint density at radius 3 is 2.03 bits per heavy atom. The van der Waals surface area contributed by atoms with Crippen LogP contribution < -0.4 is 0 Å². The fourth-order valence-corrected chi connectivity index (χ4v) is 5.49. The Balaban J connectivity index is 1.54. The lowest BCUT2D eigenvalue weighted by atomic mass is 9.85. The lowest BCUT2D eigenvalue weighted by molar-refractivity contribution is 0.587. The number of hydrogen-bond acceptors (Lipinski definition) is 2. The van der Waals surface area contributed by atoms with E-state index in [1.54, 1.807) is 0 Å². The third-order valence-corrected chi connectivity index (χ3v) is 7.39. The van der Waals surface area contributed by atoms with Gasteiger partial charge >= 0.3 is 0 Å². The number of fused-ring (bicyclic) bond motifs is 3. The molecule has 6 aromatic rings. The maximum Gasteiger partial charge on any atom is 0.174 e. The van der Waals surface area contributed by atoms with E-state index in [1.165, 1.54) is 16.7 Å². The Labute approximate surface area is 222 Å². The number of furan rings is 1. The van der Waals surface area contributed by atoms with E-state index in [4.69, 9.17) is 9.40 Å². The van der Waals surface area contributed by atoms with E-state index in [0.29, 0.717) is 23.0 Å². The zero-order valence-electron chi connectivity index (χ0n) is 22.1. The Morgan fingerprint density at radius 2 is 1.32 bits per heavy atom. The van der Waals surface area contributed by atoms with Crippen molar-refractivity contribution in [3.05, 3.63) is 114 Å². The highest BCUT2D eigenvalue weighted by atomic mass is 19.1. The molecular formula is C35H30FNO. The Hall–Kier alpha value is -4.24. The SMILES string of the molecule is CC(C)c1cccc(C(C)C)c1-c1ccnc(-c2cccc3c2oc2c(F)c(-c4ccccc4)ccc23)c1. The molecule has 0 bridgehead atoms. The molecule has 0 amide bonds. The van der Waals surface area contributed by atoms with Crippen LogP contribution in [0.15, 0.2) is 102 Å². The standard InChI is InChI=1S/C35H30FNO/c1-21(2)25-12-8-13-26(22(3)4)32(25)24-18-19-37-31(20-24)30-15-9-14-28-29-17-16-27(23-10-6-5-7-11-23)33(36)35(29)38-34(28)30/h5-22H,1-4H3. The highest BCUT2D eigenvalue weighted by Crippen LogP contribution is 2.41. The lowest BCUT2D eigenvalue weighted by Crippen LogP contribution is -2.00. The molecule has 6 rings (SSSR count). The average Bonchev–Trinajstić information content (AvgIpc) is 3.33. The molecule has 0 spiro atoms. The molecule has 4 aromatic carbocycles. The molecule has 188 valence electrons. The Morgan fingerprint density at radius 1 is 0.632 bits per heavy atom. The van der Waals surface area contributed by atoms with Crippen LogP contribution in [-0.2, 0) is 0 Å². The number of pyridine rings is 1. The minimum absolute atomic E-state index is 0.275. The zero-order valence-corrected chi connectivity index (χ0v) is 22.1. The molecule has 2 nitrogen and oxygen atoms in total. The van der Waals surface area contributed by atoms with Crippen LogP contribution in [0.3, 0.4) is 0 Å². The highest BCUT2D eigenvalue weighted by molar-refractivity contribution is 6.10. The third-order valence-electron chi connectivity index (χ3n) is 7.39. The zero-order chi connectivity index (χ0) is 26.4. The first kappa shape index (κ1) is 24.1. The van der Waals surface area contributed by atoms with Gasteiger partial charge in [-0.15, -0.1) is 0 Å². The molecule has 3 heteroatoms. The summed E-state index contributed by atoms with van der Waals surface area (Å²) >= 11 is 0. The number of halogens is 1. The summed E-state index contributed by atoms with van der Waals surface area (Å²) in [5.41, 5.74) is 9.01. The first-order chi connectivity index (χ1) is 18.4. The second kappa shape index (κ2) is 9.57. The first-order valence-electron chi connectivity index (χ1n) is 13.2. The minimum Gasteiger partial charge on any atom is -0.452 e. The number of hydrogen-bond donors (Lipinski definition) is 0. The van der Waals surface area contributed by atoms with Gasteiger partial charge in [0.25, 0.3) is 0 Å². The smallest absolute Gasteiger partial charge is 0.174 e. The van der Waals surface area contributed by atoms with Gasteiger partial charge in [0, 0.05) is 28.1 Å². The summed E-state index contributed by atoms with van der Waals surface area (Å²) in [5.74, 6) is 0.437. The molecule has 0 aliphatic heterocycles. The van der Waals surface area contributed by atoms with Crippen molar-refractivity contribution in [3.8, 4) is 33.5 Å². The van der Waals surface area contributed by atoms with Crippen molar-refractivity contribution in [1.29, 1.82) is 0 Å². The highest BCUT2D eigenvalue weighted by Gasteiger charge is 2.20. The van der Waals surface area contributed by atoms with Crippen molar-refractivity contribution < 1.29 is 8.81 Å². The molecule has 0 radical (unpaired) electrons. The van der Waals surface area contributed by atoms with Gasteiger partial charge in [-0.2, -0.15) is 0 Å². The Kier molecular flexibility index (Phi) is 6.07. The molecule has 0 unspecified atom stereocenters. The summed E-state index contributed by atoms with van der Waals surface area (Å²) < 4.78 is 22.0. The van der Waals surface area contributed by atoms with Crippen LogP contribution in [0.5, 0.6) is 0 Å². The third kappa shape index (κ3) is 3.99. The molecule has 0 atom stereocenters. The molecule has 0 N–H and O–H groups in total. The minimum atomic E-state index is -0.343. The first-order valence-corrected chi connectivity index (χ1v) is 13.2. The topological polar surface area (TPSA) is 26.0 Å². The van der Waals surface area contributed by atoms with Crippen molar-refractivity contribution in [2.45, 2.75) is 39.5 Å². The summed E-state index contributed by atoms with van der Waals surface area (Å²) in [6.45, 7) is 8.94. The largest absolute Gasteiger partial charge is 0.452 e. The van der Waals surface area contributed by atoms with Crippen LogP contribution in [0, 0.1) is 5.82 Å². The predicted octanol–water partition coefficient (Wildman–Crippen LogP) is 10.4. The number of benzene rings is 4. The second-order valence-corrected chi connectivity index (χ2v) is 10.5. The van der Waals surface area contributed by atoms with Crippen LogP contribution in [0.2, 0.25) is 0 Å². The number of nitrogens with zero attached hydrogens (tertiary/aromatic N) is 1. The van der Waals surface area contributed by atoms with Crippen LogP contribution in [0.4, 0.5) is 4.39 Å². The maximum atomic E-state index is 15.7. The van der Waals surface area contributed by atoms with Gasteiger partial charge in [-0.25, -0.2) is 4.39 Å². The maximum absolute atomic E-state index is 15.7. The van der Waals surface area contributed by atoms with Gasteiger partial charge in [-0.1, -0.05) is 94.4 Å². The van der Waals surface area contributed by atoms with Crippen molar-refractivity contribution in [1.82, 2.24) is 4.98 Å². The molecule has 0 saturated heterocycles. The van der Waals surface area contributed by atoms with Crippen molar-refractivity contribution >= 4 is 21.9 Å². The van der Waals surface area contributed by atoms with Gasteiger partial charge in [0.15, 0.2) is 11.4 Å². The Bertz CT molecular complexity index is 1750. The van der Waals surface area contributed by atoms with Gasteiger partial charge in [0.2, 0.25) is 0 Å². The molecule has 0 aliphatic carbocycles. The summed E-state index contributed by atoms with van der Waals surface area (Å²) in [4.78, 5) is 4.74. The summed E-state index contributed by atoms with van der Waals surface area (Å²) in [6, 6.07) is 30.2. The molecule has 2 heterocycles. The van der Waals surface area contributed by atoms with E-state index in [9.17, 15) is 0 Å². The van der Waals surface area contributed by atoms with Gasteiger partial charge in [0.05, 0.1) is 5.69 Å².